The second-order valence-corrected chi connectivity index (χ2v) is 6.07. The molecule has 2 aliphatic carbocycles. The third-order valence-electron chi connectivity index (χ3n) is 4.86. The minimum Gasteiger partial charge on any atom is -0.508 e. The van der Waals surface area contributed by atoms with E-state index < -0.39 is 0 Å². The molecule has 20 heavy (non-hydrogen) atoms. The van der Waals surface area contributed by atoms with Crippen molar-refractivity contribution in [2.24, 2.45) is 5.41 Å². The first-order chi connectivity index (χ1) is 9.68. The van der Waals surface area contributed by atoms with Crippen LogP contribution in [0.15, 0.2) is 42.5 Å². The molecule has 0 radical (unpaired) electrons. The number of ketones is 1. The van der Waals surface area contributed by atoms with Crippen LogP contribution in [0.4, 0.5) is 0 Å². The van der Waals surface area contributed by atoms with E-state index >= 15 is 0 Å². The van der Waals surface area contributed by atoms with Crippen LogP contribution in [0.25, 0.3) is 0 Å². The van der Waals surface area contributed by atoms with E-state index in [1.165, 1.54) is 11.1 Å². The zero-order valence-electron chi connectivity index (χ0n) is 11.2. The van der Waals surface area contributed by atoms with Crippen LogP contribution in [0.1, 0.15) is 33.5 Å². The maximum atomic E-state index is 12.9. The van der Waals surface area contributed by atoms with Crippen molar-refractivity contribution in [3.63, 3.8) is 0 Å². The van der Waals surface area contributed by atoms with Crippen LogP contribution in [-0.4, -0.2) is 10.9 Å². The third-order valence-corrected chi connectivity index (χ3v) is 4.86. The number of phenols is 1. The number of aryl methyl sites for hydroxylation is 1. The summed E-state index contributed by atoms with van der Waals surface area (Å²) in [6, 6.07) is 13.5. The quantitative estimate of drug-likeness (QED) is 0.792. The standard InChI is InChI=1S/C18H16O2/c19-15-5-6-16-12(9-15)7-8-18(17(16)20)10-13-3-1-2-4-14(13)11-18/h1-6,9,19H,7-8,10-11H2. The lowest BCUT2D eigenvalue weighted by Gasteiger charge is -2.33. The summed E-state index contributed by atoms with van der Waals surface area (Å²) in [6.07, 6.45) is 3.49. The minimum absolute atomic E-state index is 0.242. The van der Waals surface area contributed by atoms with Gasteiger partial charge in [-0.1, -0.05) is 24.3 Å². The number of aromatic hydroxyl groups is 1. The van der Waals surface area contributed by atoms with E-state index in [2.05, 4.69) is 24.3 Å². The predicted molar refractivity (Wildman–Crippen MR) is 77.0 cm³/mol. The maximum Gasteiger partial charge on any atom is 0.169 e. The van der Waals surface area contributed by atoms with Gasteiger partial charge in [-0.25, -0.2) is 0 Å². The highest BCUT2D eigenvalue weighted by Crippen LogP contribution is 2.46. The molecule has 0 aliphatic heterocycles. The minimum atomic E-state index is -0.242. The number of carbonyl (C=O) groups is 1. The van der Waals surface area contributed by atoms with Crippen LogP contribution in [-0.2, 0) is 19.3 Å². The van der Waals surface area contributed by atoms with E-state index in [9.17, 15) is 9.90 Å². The van der Waals surface area contributed by atoms with E-state index in [1.54, 1.807) is 18.2 Å². The average molecular weight is 264 g/mol. The highest BCUT2D eigenvalue weighted by Gasteiger charge is 2.46. The zero-order chi connectivity index (χ0) is 13.7. The Morgan fingerprint density at radius 3 is 2.35 bits per heavy atom. The summed E-state index contributed by atoms with van der Waals surface area (Å²) < 4.78 is 0. The number of hydrogen-bond acceptors (Lipinski definition) is 2. The molecule has 1 N–H and O–H groups in total. The molecule has 0 saturated heterocycles. The van der Waals surface area contributed by atoms with Crippen LogP contribution in [0.5, 0.6) is 5.75 Å². The molecule has 2 aromatic carbocycles. The van der Waals surface area contributed by atoms with Gasteiger partial charge in [0.1, 0.15) is 5.75 Å². The Labute approximate surface area is 118 Å². The molecular formula is C18H16O2. The highest BCUT2D eigenvalue weighted by atomic mass is 16.3. The fourth-order valence-corrected chi connectivity index (χ4v) is 3.81. The molecule has 100 valence electrons. The molecule has 0 atom stereocenters. The van der Waals surface area contributed by atoms with Gasteiger partial charge in [0.25, 0.3) is 0 Å². The Kier molecular flexibility index (Phi) is 2.31. The van der Waals surface area contributed by atoms with Crippen LogP contribution in [0, 0.1) is 5.41 Å². The second kappa shape index (κ2) is 3.95. The van der Waals surface area contributed by atoms with Gasteiger partial charge in [0.05, 0.1) is 0 Å². The van der Waals surface area contributed by atoms with Crippen LogP contribution >= 0.6 is 0 Å². The molecule has 0 unspecified atom stereocenters. The molecule has 2 aromatic rings. The number of phenolic OH excluding ortho intramolecular Hbond substituents is 1. The van der Waals surface area contributed by atoms with Crippen molar-refractivity contribution in [3.8, 4) is 5.75 Å². The van der Waals surface area contributed by atoms with Crippen LogP contribution in [0.3, 0.4) is 0 Å². The SMILES string of the molecule is O=C1c2ccc(O)cc2CCC12Cc1ccccc1C2. The summed E-state index contributed by atoms with van der Waals surface area (Å²) in [5, 5.41) is 9.56. The lowest BCUT2D eigenvalue weighted by molar-refractivity contribution is 0.0771. The zero-order valence-corrected chi connectivity index (χ0v) is 11.2. The van der Waals surface area contributed by atoms with Gasteiger partial charge in [-0.3, -0.25) is 4.79 Å². The third kappa shape index (κ3) is 1.54. The number of benzene rings is 2. The molecule has 0 fully saturated rings. The molecule has 0 aromatic heterocycles. The van der Waals surface area contributed by atoms with Crippen molar-refractivity contribution >= 4 is 5.78 Å². The predicted octanol–water partition coefficient (Wildman–Crippen LogP) is 3.31. The van der Waals surface area contributed by atoms with E-state index in [0.29, 0.717) is 0 Å². The largest absolute Gasteiger partial charge is 0.508 e. The number of rotatable bonds is 0. The Morgan fingerprint density at radius 1 is 0.950 bits per heavy atom. The van der Waals surface area contributed by atoms with E-state index in [1.807, 2.05) is 0 Å². The molecule has 2 aliphatic rings. The van der Waals surface area contributed by atoms with Gasteiger partial charge in [-0.05, 0) is 60.6 Å². The van der Waals surface area contributed by atoms with Gasteiger partial charge >= 0.3 is 0 Å². The lowest BCUT2D eigenvalue weighted by atomic mass is 9.68. The maximum absolute atomic E-state index is 12.9. The smallest absolute Gasteiger partial charge is 0.169 e. The summed E-state index contributed by atoms with van der Waals surface area (Å²) in [5.74, 6) is 0.511. The highest BCUT2D eigenvalue weighted by molar-refractivity contribution is 6.03. The van der Waals surface area contributed by atoms with Gasteiger partial charge in [0.15, 0.2) is 5.78 Å². The lowest BCUT2D eigenvalue weighted by Crippen LogP contribution is -2.36. The molecule has 0 saturated carbocycles. The fourth-order valence-electron chi connectivity index (χ4n) is 3.81. The van der Waals surface area contributed by atoms with Crippen LogP contribution in [0.2, 0.25) is 0 Å². The average Bonchev–Trinajstić information content (AvgIpc) is 2.83. The van der Waals surface area contributed by atoms with Crippen molar-refractivity contribution in [1.29, 1.82) is 0 Å². The molecular weight excluding hydrogens is 248 g/mol. The first kappa shape index (κ1) is 11.7. The molecule has 0 heterocycles. The first-order valence-electron chi connectivity index (χ1n) is 7.11. The summed E-state index contributed by atoms with van der Waals surface area (Å²) in [5.41, 5.74) is 4.21. The van der Waals surface area contributed by atoms with Gasteiger partial charge in [-0.2, -0.15) is 0 Å². The Bertz CT molecular complexity index is 690. The molecule has 2 heteroatoms. The van der Waals surface area contributed by atoms with Gasteiger partial charge in [-0.15, -0.1) is 0 Å². The summed E-state index contributed by atoms with van der Waals surface area (Å²) in [6.45, 7) is 0. The monoisotopic (exact) mass is 264 g/mol. The number of carbonyl (C=O) groups excluding carboxylic acids is 1. The first-order valence-corrected chi connectivity index (χ1v) is 7.11. The summed E-state index contributed by atoms with van der Waals surface area (Å²) >= 11 is 0. The Balaban J connectivity index is 1.77. The Hall–Kier alpha value is -2.09. The van der Waals surface area contributed by atoms with Crippen molar-refractivity contribution in [3.05, 3.63) is 64.7 Å². The second-order valence-electron chi connectivity index (χ2n) is 6.07. The van der Waals surface area contributed by atoms with Crippen molar-refractivity contribution < 1.29 is 9.90 Å². The topological polar surface area (TPSA) is 37.3 Å². The molecule has 2 nitrogen and oxygen atoms in total. The number of fused-ring (bicyclic) bond motifs is 2. The Morgan fingerprint density at radius 2 is 1.65 bits per heavy atom. The summed E-state index contributed by atoms with van der Waals surface area (Å²) in [4.78, 5) is 12.9. The normalized spacial score (nSPS) is 18.9. The number of hydrogen-bond donors (Lipinski definition) is 1. The van der Waals surface area contributed by atoms with Crippen molar-refractivity contribution in [2.45, 2.75) is 25.7 Å². The molecule has 0 bridgehead atoms. The van der Waals surface area contributed by atoms with E-state index in [-0.39, 0.29) is 16.9 Å². The molecule has 1 spiro atoms. The van der Waals surface area contributed by atoms with Crippen LogP contribution < -0.4 is 0 Å². The number of Topliss-reactive ketones (excluding diaryl/α,β-unsaturated/α-hetero) is 1. The fraction of sp³-hybridized carbons (Fsp3) is 0.278. The van der Waals surface area contributed by atoms with Gasteiger partial charge in [0.2, 0.25) is 0 Å². The molecule has 0 amide bonds. The van der Waals surface area contributed by atoms with Gasteiger partial charge in [0, 0.05) is 11.0 Å². The van der Waals surface area contributed by atoms with E-state index in [0.717, 1.165) is 36.8 Å². The van der Waals surface area contributed by atoms with Crippen molar-refractivity contribution in [2.75, 3.05) is 0 Å². The van der Waals surface area contributed by atoms with Gasteiger partial charge < -0.3 is 5.11 Å². The summed E-state index contributed by atoms with van der Waals surface area (Å²) in [7, 11) is 0. The molecule has 4 rings (SSSR count). The van der Waals surface area contributed by atoms with Crippen molar-refractivity contribution in [1.82, 2.24) is 0 Å². The van der Waals surface area contributed by atoms with E-state index in [4.69, 9.17) is 0 Å².